The van der Waals surface area contributed by atoms with Gasteiger partial charge in [-0.25, -0.2) is 9.78 Å². The van der Waals surface area contributed by atoms with Crippen molar-refractivity contribution < 1.29 is 14.3 Å². The summed E-state index contributed by atoms with van der Waals surface area (Å²) in [6, 6.07) is 13.4. The fourth-order valence-corrected chi connectivity index (χ4v) is 5.02. The summed E-state index contributed by atoms with van der Waals surface area (Å²) in [5.41, 5.74) is 4.24. The van der Waals surface area contributed by atoms with E-state index < -0.39 is 5.97 Å². The Morgan fingerprint density at radius 2 is 1.82 bits per heavy atom. The second-order valence-electron chi connectivity index (χ2n) is 7.89. The maximum atomic E-state index is 13.0. The Labute approximate surface area is 213 Å². The largest absolute Gasteiger partial charge is 0.461 e. The van der Waals surface area contributed by atoms with Crippen LogP contribution in [0, 0.1) is 6.92 Å². The van der Waals surface area contributed by atoms with E-state index in [1.807, 2.05) is 54.0 Å². The number of aromatic nitrogens is 2. The first-order chi connectivity index (χ1) is 15.8. The number of ether oxygens (including phenoxy) is 2. The molecule has 0 fully saturated rings. The third kappa shape index (κ3) is 5.99. The van der Waals surface area contributed by atoms with E-state index in [4.69, 9.17) is 32.7 Å². The maximum absolute atomic E-state index is 13.0. The molecule has 0 radical (unpaired) electrons. The molecule has 0 saturated heterocycles. The van der Waals surface area contributed by atoms with Crippen LogP contribution in [0.4, 0.5) is 0 Å². The number of rotatable bonds is 9. The van der Waals surface area contributed by atoms with Crippen molar-refractivity contribution in [2.75, 3.05) is 20.3 Å². The Balaban J connectivity index is 2.26. The highest BCUT2D eigenvalue weighted by Gasteiger charge is 2.32. The molecule has 0 N–H and O–H groups in total. The van der Waals surface area contributed by atoms with Gasteiger partial charge >= 0.3 is 5.97 Å². The van der Waals surface area contributed by atoms with Crippen molar-refractivity contribution in [3.63, 3.8) is 0 Å². The SMILES string of the molecule is CCOC(=O)c1nc(Br)n([C@@H](C)COC)c1C(Cc1cc(Cl)ccc1C)c1ccc(Cl)cc1. The second-order valence-corrected chi connectivity index (χ2v) is 9.47. The van der Waals surface area contributed by atoms with Crippen LogP contribution in [-0.2, 0) is 15.9 Å². The van der Waals surface area contributed by atoms with E-state index in [1.54, 1.807) is 14.0 Å². The Bertz CT molecular complexity index is 1120. The molecule has 3 rings (SSSR count). The smallest absolute Gasteiger partial charge is 0.358 e. The van der Waals surface area contributed by atoms with E-state index in [1.165, 1.54) is 0 Å². The minimum Gasteiger partial charge on any atom is -0.461 e. The number of hydrogen-bond donors (Lipinski definition) is 0. The number of aryl methyl sites for hydroxylation is 1. The van der Waals surface area contributed by atoms with E-state index in [2.05, 4.69) is 27.8 Å². The van der Waals surface area contributed by atoms with E-state index in [-0.39, 0.29) is 24.3 Å². The third-order valence-corrected chi connectivity index (χ3v) is 6.61. The lowest BCUT2D eigenvalue weighted by atomic mass is 9.86. The van der Waals surface area contributed by atoms with Crippen LogP contribution >= 0.6 is 39.1 Å². The van der Waals surface area contributed by atoms with E-state index in [0.29, 0.717) is 27.8 Å². The molecule has 0 aliphatic heterocycles. The first kappa shape index (κ1) is 25.8. The minimum atomic E-state index is -0.460. The van der Waals surface area contributed by atoms with E-state index >= 15 is 0 Å². The monoisotopic (exact) mass is 552 g/mol. The van der Waals surface area contributed by atoms with Crippen LogP contribution in [0.2, 0.25) is 10.0 Å². The summed E-state index contributed by atoms with van der Waals surface area (Å²) in [6.45, 7) is 6.57. The van der Waals surface area contributed by atoms with Crippen LogP contribution < -0.4 is 0 Å². The molecule has 0 aliphatic rings. The van der Waals surface area contributed by atoms with Gasteiger partial charge in [0.1, 0.15) is 0 Å². The van der Waals surface area contributed by atoms with Gasteiger partial charge in [0.15, 0.2) is 10.4 Å². The first-order valence-corrected chi connectivity index (χ1v) is 12.3. The van der Waals surface area contributed by atoms with Crippen molar-refractivity contribution in [2.24, 2.45) is 0 Å². The van der Waals surface area contributed by atoms with Crippen molar-refractivity contribution in [3.8, 4) is 0 Å². The van der Waals surface area contributed by atoms with Gasteiger partial charge in [-0.05, 0) is 84.1 Å². The van der Waals surface area contributed by atoms with Gasteiger partial charge in [-0.1, -0.05) is 41.4 Å². The van der Waals surface area contributed by atoms with E-state index in [9.17, 15) is 4.79 Å². The van der Waals surface area contributed by atoms with Crippen LogP contribution in [-0.4, -0.2) is 35.8 Å². The van der Waals surface area contributed by atoms with E-state index in [0.717, 1.165) is 22.4 Å². The lowest BCUT2D eigenvalue weighted by molar-refractivity contribution is 0.0517. The molecule has 0 saturated carbocycles. The number of halogens is 3. The molecule has 5 nitrogen and oxygen atoms in total. The van der Waals surface area contributed by atoms with Crippen molar-refractivity contribution in [1.29, 1.82) is 0 Å². The highest BCUT2D eigenvalue weighted by Crippen LogP contribution is 2.37. The molecule has 0 spiro atoms. The zero-order chi connectivity index (χ0) is 24.1. The van der Waals surface area contributed by atoms with Gasteiger partial charge in [-0.3, -0.25) is 0 Å². The number of esters is 1. The zero-order valence-electron chi connectivity index (χ0n) is 19.1. The number of imidazole rings is 1. The van der Waals surface area contributed by atoms with Crippen molar-refractivity contribution >= 4 is 45.1 Å². The molecule has 3 aromatic rings. The van der Waals surface area contributed by atoms with Gasteiger partial charge in [0.2, 0.25) is 0 Å². The molecule has 2 aromatic carbocycles. The number of carbonyl (C=O) groups excluding carboxylic acids is 1. The molecular weight excluding hydrogens is 527 g/mol. The fraction of sp³-hybridized carbons (Fsp3) is 0.360. The van der Waals surface area contributed by atoms with Crippen LogP contribution in [0.1, 0.15) is 58.7 Å². The summed E-state index contributed by atoms with van der Waals surface area (Å²) < 4.78 is 13.3. The summed E-state index contributed by atoms with van der Waals surface area (Å²) in [5, 5.41) is 1.31. The van der Waals surface area contributed by atoms with Crippen molar-refractivity contribution in [3.05, 3.63) is 85.3 Å². The van der Waals surface area contributed by atoms with Crippen LogP contribution in [0.25, 0.3) is 0 Å². The average Bonchev–Trinajstić information content (AvgIpc) is 3.12. The molecule has 8 heteroatoms. The zero-order valence-corrected chi connectivity index (χ0v) is 22.2. The van der Waals surface area contributed by atoms with Crippen LogP contribution in [0.5, 0.6) is 0 Å². The lowest BCUT2D eigenvalue weighted by Gasteiger charge is -2.25. The molecule has 1 aromatic heterocycles. The normalized spacial score (nSPS) is 13.1. The summed E-state index contributed by atoms with van der Waals surface area (Å²) in [5.74, 6) is -0.671. The van der Waals surface area contributed by atoms with Crippen molar-refractivity contribution in [2.45, 2.75) is 39.2 Å². The summed E-state index contributed by atoms with van der Waals surface area (Å²) >= 11 is 16.1. The highest BCUT2D eigenvalue weighted by atomic mass is 79.9. The average molecular weight is 554 g/mol. The number of methoxy groups -OCH3 is 1. The second kappa shape index (κ2) is 11.5. The number of carbonyl (C=O) groups is 1. The highest BCUT2D eigenvalue weighted by molar-refractivity contribution is 9.10. The molecule has 176 valence electrons. The molecule has 2 atom stereocenters. The number of benzene rings is 2. The van der Waals surface area contributed by atoms with Gasteiger partial charge in [-0.2, -0.15) is 0 Å². The lowest BCUT2D eigenvalue weighted by Crippen LogP contribution is -2.21. The summed E-state index contributed by atoms with van der Waals surface area (Å²) in [4.78, 5) is 17.6. The van der Waals surface area contributed by atoms with Crippen molar-refractivity contribution in [1.82, 2.24) is 9.55 Å². The number of nitrogens with zero attached hydrogens (tertiary/aromatic N) is 2. The minimum absolute atomic E-state index is 0.0784. The standard InChI is InChI=1S/C25H27BrCl2N2O3/c1-5-33-24(31)22-23(30(25(26)29-22)16(3)14-32-4)21(17-7-10-19(27)11-8-17)13-18-12-20(28)9-6-15(18)2/h6-12,16,21H,5,13-14H2,1-4H3/t16-,21?/m0/s1. The Kier molecular flexibility index (Phi) is 8.99. The topological polar surface area (TPSA) is 53.3 Å². The predicted molar refractivity (Wildman–Crippen MR) is 136 cm³/mol. The quantitative estimate of drug-likeness (QED) is 0.267. The predicted octanol–water partition coefficient (Wildman–Crippen LogP) is 7.02. The molecule has 0 bridgehead atoms. The summed E-state index contributed by atoms with van der Waals surface area (Å²) in [7, 11) is 1.65. The molecule has 33 heavy (non-hydrogen) atoms. The Hall–Kier alpha value is -1.86. The fourth-order valence-electron chi connectivity index (χ4n) is 3.98. The Morgan fingerprint density at radius 3 is 2.45 bits per heavy atom. The van der Waals surface area contributed by atoms with Gasteiger partial charge in [0, 0.05) is 23.1 Å². The summed E-state index contributed by atoms with van der Waals surface area (Å²) in [6.07, 6.45) is 0.609. The number of hydrogen-bond acceptors (Lipinski definition) is 4. The maximum Gasteiger partial charge on any atom is 0.358 e. The molecule has 0 amide bonds. The Morgan fingerprint density at radius 1 is 1.15 bits per heavy atom. The first-order valence-electron chi connectivity index (χ1n) is 10.7. The van der Waals surface area contributed by atoms with Gasteiger partial charge in [0.25, 0.3) is 0 Å². The van der Waals surface area contributed by atoms with Crippen LogP contribution in [0.3, 0.4) is 0 Å². The van der Waals surface area contributed by atoms with Crippen LogP contribution in [0.15, 0.2) is 47.2 Å². The van der Waals surface area contributed by atoms with Gasteiger partial charge < -0.3 is 14.0 Å². The molecular formula is C25H27BrCl2N2O3. The van der Waals surface area contributed by atoms with Gasteiger partial charge in [0.05, 0.1) is 24.9 Å². The molecule has 1 unspecified atom stereocenters. The van der Waals surface area contributed by atoms with Gasteiger partial charge in [-0.15, -0.1) is 0 Å². The third-order valence-electron chi connectivity index (χ3n) is 5.56. The molecule has 0 aliphatic carbocycles. The molecule has 1 heterocycles.